The van der Waals surface area contributed by atoms with Crippen LogP contribution in [-0.2, 0) is 17.9 Å². The van der Waals surface area contributed by atoms with E-state index in [9.17, 15) is 19.2 Å². The fraction of sp³-hybridized carbons (Fsp3) is 0.148. The summed E-state index contributed by atoms with van der Waals surface area (Å²) in [5, 5.41) is 8.99. The van der Waals surface area contributed by atoms with E-state index in [0.29, 0.717) is 34.8 Å². The zero-order chi connectivity index (χ0) is 25.7. The highest BCUT2D eigenvalue weighted by Crippen LogP contribution is 2.36. The molecule has 1 saturated heterocycles. The molecule has 36 heavy (non-hydrogen) atoms. The van der Waals surface area contributed by atoms with Crippen LogP contribution in [0.2, 0.25) is 5.02 Å². The fourth-order valence-corrected chi connectivity index (χ4v) is 4.59. The van der Waals surface area contributed by atoms with Crippen molar-refractivity contribution in [2.75, 3.05) is 6.61 Å². The van der Waals surface area contributed by atoms with E-state index in [4.69, 9.17) is 21.1 Å². The molecule has 0 saturated carbocycles. The topological polar surface area (TPSA) is 79.6 Å². The van der Waals surface area contributed by atoms with Gasteiger partial charge in [-0.05, 0) is 66.2 Å². The number of nitrogens with zero attached hydrogens (tertiary/aromatic N) is 2. The maximum absolute atomic E-state index is 13.3. The average molecular weight is 523 g/mol. The highest BCUT2D eigenvalue weighted by molar-refractivity contribution is 8.18. The number of carbonyl (C=O) groups is 2. The molecule has 0 spiro atoms. The number of benzene rings is 3. The average Bonchev–Trinajstić information content (AvgIpc) is 3.12. The van der Waals surface area contributed by atoms with Crippen LogP contribution in [0, 0.1) is 17.1 Å². The number of amides is 2. The highest BCUT2D eigenvalue weighted by atomic mass is 35.5. The van der Waals surface area contributed by atoms with Gasteiger partial charge < -0.3 is 9.47 Å². The monoisotopic (exact) mass is 522 g/mol. The van der Waals surface area contributed by atoms with Gasteiger partial charge in [0.1, 0.15) is 12.4 Å². The Kier molecular flexibility index (Phi) is 7.93. The van der Waals surface area contributed by atoms with Crippen molar-refractivity contribution >= 4 is 40.6 Å². The van der Waals surface area contributed by atoms with E-state index in [1.807, 2.05) is 19.1 Å². The van der Waals surface area contributed by atoms with Crippen LogP contribution in [0.25, 0.3) is 6.08 Å². The molecule has 0 unspecified atom stereocenters. The van der Waals surface area contributed by atoms with Crippen LogP contribution in [0.3, 0.4) is 0 Å². The molecule has 1 aliphatic heterocycles. The standard InChI is InChI=1S/C27H20ClFN2O4S/c1-2-34-24-11-17(7-10-23(24)35-16-20-6-4-3-5-18(20)14-30)12-25-26(32)31(27(33)36-25)15-19-8-9-21(29)13-22(19)28/h3-13H,2,15-16H2,1H3/b25-12-. The number of ether oxygens (including phenoxy) is 2. The van der Waals surface area contributed by atoms with E-state index in [1.165, 1.54) is 12.1 Å². The lowest BCUT2D eigenvalue weighted by Gasteiger charge is -2.14. The SMILES string of the molecule is CCOc1cc(/C=C2\SC(=O)N(Cc3ccc(F)cc3Cl)C2=O)ccc1OCc1ccccc1C#N. The summed E-state index contributed by atoms with van der Waals surface area (Å²) in [6.45, 7) is 2.37. The molecule has 0 N–H and O–H groups in total. The number of hydrogen-bond donors (Lipinski definition) is 0. The van der Waals surface area contributed by atoms with Crippen molar-refractivity contribution in [3.05, 3.63) is 98.7 Å². The Labute approximate surface area is 216 Å². The summed E-state index contributed by atoms with van der Waals surface area (Å²) in [6.07, 6.45) is 1.61. The first-order valence-electron chi connectivity index (χ1n) is 11.0. The zero-order valence-corrected chi connectivity index (χ0v) is 20.7. The summed E-state index contributed by atoms with van der Waals surface area (Å²) in [5.41, 5.74) is 2.40. The second kappa shape index (κ2) is 11.3. The van der Waals surface area contributed by atoms with Crippen molar-refractivity contribution < 1.29 is 23.5 Å². The second-order valence-electron chi connectivity index (χ2n) is 7.70. The van der Waals surface area contributed by atoms with Gasteiger partial charge in [0.15, 0.2) is 11.5 Å². The Morgan fingerprint density at radius 1 is 1.06 bits per heavy atom. The third kappa shape index (κ3) is 5.70. The lowest BCUT2D eigenvalue weighted by molar-refractivity contribution is -0.123. The summed E-state index contributed by atoms with van der Waals surface area (Å²) >= 11 is 6.88. The first-order chi connectivity index (χ1) is 17.4. The van der Waals surface area contributed by atoms with Crippen molar-refractivity contribution in [1.82, 2.24) is 4.90 Å². The van der Waals surface area contributed by atoms with Crippen molar-refractivity contribution in [2.24, 2.45) is 0 Å². The zero-order valence-electron chi connectivity index (χ0n) is 19.2. The normalized spacial score (nSPS) is 14.3. The molecular formula is C27H20ClFN2O4S. The van der Waals surface area contributed by atoms with E-state index in [0.717, 1.165) is 28.3 Å². The molecule has 182 valence electrons. The summed E-state index contributed by atoms with van der Waals surface area (Å²) in [4.78, 5) is 26.7. The quantitative estimate of drug-likeness (QED) is 0.311. The van der Waals surface area contributed by atoms with Crippen molar-refractivity contribution in [2.45, 2.75) is 20.1 Å². The second-order valence-corrected chi connectivity index (χ2v) is 9.10. The molecule has 0 aliphatic carbocycles. The van der Waals surface area contributed by atoms with Crippen molar-refractivity contribution in [1.29, 1.82) is 5.26 Å². The molecule has 0 aromatic heterocycles. The van der Waals surface area contributed by atoms with Gasteiger partial charge in [0, 0.05) is 10.6 Å². The number of halogens is 2. The van der Waals surface area contributed by atoms with Gasteiger partial charge in [0.25, 0.3) is 11.1 Å². The van der Waals surface area contributed by atoms with Gasteiger partial charge in [-0.15, -0.1) is 0 Å². The molecule has 3 aromatic rings. The minimum Gasteiger partial charge on any atom is -0.490 e. The molecule has 3 aromatic carbocycles. The van der Waals surface area contributed by atoms with Gasteiger partial charge >= 0.3 is 0 Å². The van der Waals surface area contributed by atoms with Gasteiger partial charge in [-0.2, -0.15) is 5.26 Å². The number of imide groups is 1. The summed E-state index contributed by atoms with van der Waals surface area (Å²) < 4.78 is 25.0. The number of nitriles is 1. The Morgan fingerprint density at radius 3 is 2.61 bits per heavy atom. The lowest BCUT2D eigenvalue weighted by atomic mass is 10.1. The van der Waals surface area contributed by atoms with E-state index >= 15 is 0 Å². The lowest BCUT2D eigenvalue weighted by Crippen LogP contribution is -2.27. The third-order valence-electron chi connectivity index (χ3n) is 5.30. The van der Waals surface area contributed by atoms with Gasteiger partial charge in [0.2, 0.25) is 0 Å². The van der Waals surface area contributed by atoms with E-state index in [2.05, 4.69) is 6.07 Å². The first kappa shape index (κ1) is 25.3. The van der Waals surface area contributed by atoms with Crippen molar-refractivity contribution in [3.8, 4) is 17.6 Å². The number of thioether (sulfide) groups is 1. The Balaban J connectivity index is 1.52. The molecule has 0 radical (unpaired) electrons. The van der Waals surface area contributed by atoms with Crippen LogP contribution in [0.4, 0.5) is 9.18 Å². The maximum atomic E-state index is 13.3. The first-order valence-corrected chi connectivity index (χ1v) is 12.2. The molecule has 9 heteroatoms. The Morgan fingerprint density at radius 2 is 1.86 bits per heavy atom. The van der Waals surface area contributed by atoms with Gasteiger partial charge in [0.05, 0.1) is 29.7 Å². The van der Waals surface area contributed by atoms with Crippen LogP contribution in [-0.4, -0.2) is 22.7 Å². The Hall–Kier alpha value is -3.80. The smallest absolute Gasteiger partial charge is 0.293 e. The van der Waals surface area contributed by atoms with Gasteiger partial charge in [-0.3, -0.25) is 14.5 Å². The molecular weight excluding hydrogens is 503 g/mol. The Bertz CT molecular complexity index is 1400. The van der Waals surface area contributed by atoms with E-state index < -0.39 is 17.0 Å². The maximum Gasteiger partial charge on any atom is 0.293 e. The van der Waals surface area contributed by atoms with Gasteiger partial charge in [-0.25, -0.2) is 4.39 Å². The van der Waals surface area contributed by atoms with Crippen LogP contribution in [0.1, 0.15) is 29.2 Å². The third-order valence-corrected chi connectivity index (χ3v) is 6.56. The highest BCUT2D eigenvalue weighted by Gasteiger charge is 2.35. The van der Waals surface area contributed by atoms with Crippen LogP contribution < -0.4 is 9.47 Å². The molecule has 4 rings (SSSR count). The molecule has 1 aliphatic rings. The predicted molar refractivity (Wildman–Crippen MR) is 136 cm³/mol. The van der Waals surface area contributed by atoms with E-state index in [1.54, 1.807) is 36.4 Å². The van der Waals surface area contributed by atoms with Crippen LogP contribution >= 0.6 is 23.4 Å². The molecule has 0 atom stereocenters. The molecule has 6 nitrogen and oxygen atoms in total. The number of carbonyl (C=O) groups excluding carboxylic acids is 2. The fourth-order valence-electron chi connectivity index (χ4n) is 3.52. The number of hydrogen-bond acceptors (Lipinski definition) is 6. The molecule has 1 fully saturated rings. The van der Waals surface area contributed by atoms with Crippen LogP contribution in [0.5, 0.6) is 11.5 Å². The minimum atomic E-state index is -0.496. The van der Waals surface area contributed by atoms with Gasteiger partial charge in [-0.1, -0.05) is 41.9 Å². The minimum absolute atomic E-state index is 0.0533. The summed E-state index contributed by atoms with van der Waals surface area (Å²) in [5.74, 6) is 0.000171. The number of rotatable bonds is 8. The summed E-state index contributed by atoms with van der Waals surface area (Å²) in [6, 6.07) is 18.3. The summed E-state index contributed by atoms with van der Waals surface area (Å²) in [7, 11) is 0. The van der Waals surface area contributed by atoms with Crippen molar-refractivity contribution in [3.63, 3.8) is 0 Å². The molecule has 0 bridgehead atoms. The molecule has 2 amide bonds. The predicted octanol–water partition coefficient (Wildman–Crippen LogP) is 6.56. The molecule has 1 heterocycles. The van der Waals surface area contributed by atoms with Crippen LogP contribution in [0.15, 0.2) is 65.6 Å². The largest absolute Gasteiger partial charge is 0.490 e. The van der Waals surface area contributed by atoms with E-state index in [-0.39, 0.29) is 23.1 Å².